The first kappa shape index (κ1) is 15.8. The Labute approximate surface area is 149 Å². The van der Waals surface area contributed by atoms with Crippen LogP contribution in [0.25, 0.3) is 11.0 Å². The van der Waals surface area contributed by atoms with E-state index in [0.717, 1.165) is 11.1 Å². The summed E-state index contributed by atoms with van der Waals surface area (Å²) in [7, 11) is 1.71. The lowest BCUT2D eigenvalue weighted by Crippen LogP contribution is -2.41. The van der Waals surface area contributed by atoms with Crippen LogP contribution >= 0.6 is 11.6 Å². The van der Waals surface area contributed by atoms with E-state index in [2.05, 4.69) is 0 Å². The summed E-state index contributed by atoms with van der Waals surface area (Å²) in [6, 6.07) is 14.5. The molecule has 4 rings (SSSR count). The van der Waals surface area contributed by atoms with Crippen molar-refractivity contribution in [3.63, 3.8) is 0 Å². The molecule has 1 amide bonds. The molecule has 1 aliphatic rings. The molecule has 0 fully saturated rings. The molecule has 6 heteroatoms. The molecular formula is C19H16ClNO4. The molecule has 128 valence electrons. The highest BCUT2D eigenvalue weighted by atomic mass is 35.5. The van der Waals surface area contributed by atoms with Gasteiger partial charge in [0, 0.05) is 17.5 Å². The second kappa shape index (κ2) is 6.33. The average molecular weight is 358 g/mol. The Morgan fingerprint density at radius 2 is 2.00 bits per heavy atom. The van der Waals surface area contributed by atoms with Gasteiger partial charge in [-0.2, -0.15) is 0 Å². The second-order valence-corrected chi connectivity index (χ2v) is 6.41. The lowest BCUT2D eigenvalue weighted by molar-refractivity contribution is 0.0503. The minimum atomic E-state index is -0.234. The number of fused-ring (bicyclic) bond motifs is 2. The zero-order valence-electron chi connectivity index (χ0n) is 13.6. The fourth-order valence-electron chi connectivity index (χ4n) is 2.85. The molecule has 0 saturated carbocycles. The van der Waals surface area contributed by atoms with E-state index in [1.54, 1.807) is 36.2 Å². The van der Waals surface area contributed by atoms with Crippen molar-refractivity contribution >= 4 is 28.5 Å². The summed E-state index contributed by atoms with van der Waals surface area (Å²) in [5.74, 6) is 1.48. The molecule has 3 aromatic rings. The number of hydrogen-bond donors (Lipinski definition) is 0. The normalized spacial score (nSPS) is 16.0. The molecule has 0 spiro atoms. The molecule has 1 atom stereocenters. The molecule has 5 nitrogen and oxygen atoms in total. The quantitative estimate of drug-likeness (QED) is 0.711. The van der Waals surface area contributed by atoms with Crippen molar-refractivity contribution in [2.24, 2.45) is 0 Å². The fraction of sp³-hybridized carbons (Fsp3) is 0.211. The lowest BCUT2D eigenvalue weighted by Gasteiger charge is -2.29. The molecule has 0 bridgehead atoms. The number of amides is 1. The third-order valence-corrected chi connectivity index (χ3v) is 4.32. The van der Waals surface area contributed by atoms with Gasteiger partial charge in [-0.1, -0.05) is 23.7 Å². The summed E-state index contributed by atoms with van der Waals surface area (Å²) in [4.78, 5) is 14.2. The number of carbonyl (C=O) groups excluding carboxylic acids is 1. The first-order valence-electron chi connectivity index (χ1n) is 7.93. The van der Waals surface area contributed by atoms with Crippen LogP contribution in [0.4, 0.5) is 0 Å². The van der Waals surface area contributed by atoms with Crippen molar-refractivity contribution < 1.29 is 18.7 Å². The molecule has 25 heavy (non-hydrogen) atoms. The highest BCUT2D eigenvalue weighted by molar-refractivity contribution is 6.31. The van der Waals surface area contributed by atoms with E-state index in [0.29, 0.717) is 29.5 Å². The van der Waals surface area contributed by atoms with Gasteiger partial charge < -0.3 is 18.8 Å². The van der Waals surface area contributed by atoms with E-state index in [1.807, 2.05) is 24.3 Å². The van der Waals surface area contributed by atoms with Crippen LogP contribution in [0.15, 0.2) is 52.9 Å². The predicted molar refractivity (Wildman–Crippen MR) is 94.5 cm³/mol. The number of ether oxygens (including phenoxy) is 2. The van der Waals surface area contributed by atoms with Crippen LogP contribution in [0.1, 0.15) is 10.6 Å². The SMILES string of the molecule is CN(CC1COc2ccccc2O1)C(=O)c1cc2cc(Cl)ccc2o1. The van der Waals surface area contributed by atoms with E-state index in [-0.39, 0.29) is 17.8 Å². The van der Waals surface area contributed by atoms with Crippen LogP contribution in [0.3, 0.4) is 0 Å². The van der Waals surface area contributed by atoms with Crippen LogP contribution in [0.5, 0.6) is 11.5 Å². The number of nitrogens with zero attached hydrogens (tertiary/aromatic N) is 1. The van der Waals surface area contributed by atoms with Gasteiger partial charge >= 0.3 is 0 Å². The van der Waals surface area contributed by atoms with Gasteiger partial charge in [0.05, 0.1) is 6.54 Å². The maximum absolute atomic E-state index is 12.6. The Kier molecular flexibility index (Phi) is 4.01. The fourth-order valence-corrected chi connectivity index (χ4v) is 3.03. The van der Waals surface area contributed by atoms with Gasteiger partial charge in [-0.25, -0.2) is 0 Å². The summed E-state index contributed by atoms with van der Waals surface area (Å²) in [6.45, 7) is 0.787. The Morgan fingerprint density at radius 3 is 2.84 bits per heavy atom. The van der Waals surface area contributed by atoms with Gasteiger partial charge in [-0.05, 0) is 36.4 Å². The Bertz CT molecular complexity index is 936. The van der Waals surface area contributed by atoms with Crippen LogP contribution < -0.4 is 9.47 Å². The summed E-state index contributed by atoms with van der Waals surface area (Å²) in [6.07, 6.45) is -0.234. The number of carbonyl (C=O) groups is 1. The van der Waals surface area contributed by atoms with Gasteiger partial charge in [-0.15, -0.1) is 0 Å². The van der Waals surface area contributed by atoms with Gasteiger partial charge in [0.15, 0.2) is 23.4 Å². The van der Waals surface area contributed by atoms with Gasteiger partial charge in [-0.3, -0.25) is 4.79 Å². The van der Waals surface area contributed by atoms with Crippen molar-refractivity contribution in [3.05, 3.63) is 59.3 Å². The van der Waals surface area contributed by atoms with Crippen molar-refractivity contribution in [1.29, 1.82) is 0 Å². The number of furan rings is 1. The topological polar surface area (TPSA) is 51.9 Å². The number of halogens is 1. The standard InChI is InChI=1S/C19H16ClNO4/c1-21(10-14-11-23-16-4-2-3-5-17(16)24-14)19(22)18-9-12-8-13(20)6-7-15(12)25-18/h2-9,14H,10-11H2,1H3. The molecule has 0 N–H and O–H groups in total. The van der Waals surface area contributed by atoms with Gasteiger partial charge in [0.2, 0.25) is 0 Å². The van der Waals surface area contributed by atoms with E-state index in [9.17, 15) is 4.79 Å². The second-order valence-electron chi connectivity index (χ2n) is 5.98. The molecule has 1 aliphatic heterocycles. The first-order valence-corrected chi connectivity index (χ1v) is 8.31. The van der Waals surface area contributed by atoms with E-state index in [1.165, 1.54) is 0 Å². The van der Waals surface area contributed by atoms with Crippen LogP contribution in [-0.4, -0.2) is 37.1 Å². The molecule has 1 unspecified atom stereocenters. The molecular weight excluding hydrogens is 342 g/mol. The number of hydrogen-bond acceptors (Lipinski definition) is 4. The maximum atomic E-state index is 12.6. The van der Waals surface area contributed by atoms with E-state index >= 15 is 0 Å². The minimum absolute atomic E-state index is 0.213. The molecule has 1 aromatic heterocycles. The van der Waals surface area contributed by atoms with Crippen molar-refractivity contribution in [1.82, 2.24) is 4.90 Å². The summed E-state index contributed by atoms with van der Waals surface area (Å²) in [5, 5.41) is 1.41. The Hall–Kier alpha value is -2.66. The van der Waals surface area contributed by atoms with E-state index < -0.39 is 0 Å². The highest BCUT2D eigenvalue weighted by Gasteiger charge is 2.25. The Balaban J connectivity index is 1.47. The lowest BCUT2D eigenvalue weighted by atomic mass is 10.2. The largest absolute Gasteiger partial charge is 0.486 e. The number of rotatable bonds is 3. The zero-order valence-corrected chi connectivity index (χ0v) is 14.3. The first-order chi connectivity index (χ1) is 12.1. The summed E-state index contributed by atoms with van der Waals surface area (Å²) >= 11 is 5.97. The summed E-state index contributed by atoms with van der Waals surface area (Å²) in [5.41, 5.74) is 0.632. The van der Waals surface area contributed by atoms with Crippen LogP contribution in [0, 0.1) is 0 Å². The average Bonchev–Trinajstić information content (AvgIpc) is 3.04. The number of para-hydroxylation sites is 2. The van der Waals surface area contributed by atoms with E-state index in [4.69, 9.17) is 25.5 Å². The monoisotopic (exact) mass is 357 g/mol. The van der Waals surface area contributed by atoms with Crippen molar-refractivity contribution in [3.8, 4) is 11.5 Å². The number of likely N-dealkylation sites (N-methyl/N-ethyl adjacent to an activating group) is 1. The van der Waals surface area contributed by atoms with Crippen LogP contribution in [-0.2, 0) is 0 Å². The Morgan fingerprint density at radius 1 is 1.20 bits per heavy atom. The number of benzene rings is 2. The van der Waals surface area contributed by atoms with Crippen molar-refractivity contribution in [2.45, 2.75) is 6.10 Å². The third kappa shape index (κ3) is 3.15. The van der Waals surface area contributed by atoms with Gasteiger partial charge in [0.1, 0.15) is 12.2 Å². The predicted octanol–water partition coefficient (Wildman–Crippen LogP) is 4.00. The summed E-state index contributed by atoms with van der Waals surface area (Å²) < 4.78 is 17.2. The smallest absolute Gasteiger partial charge is 0.289 e. The molecule has 0 radical (unpaired) electrons. The molecule has 2 aromatic carbocycles. The van der Waals surface area contributed by atoms with Crippen LogP contribution in [0.2, 0.25) is 5.02 Å². The molecule has 2 heterocycles. The highest BCUT2D eigenvalue weighted by Crippen LogP contribution is 2.31. The third-order valence-electron chi connectivity index (χ3n) is 4.08. The zero-order chi connectivity index (χ0) is 17.4. The maximum Gasteiger partial charge on any atom is 0.289 e. The molecule has 0 saturated heterocycles. The molecule has 0 aliphatic carbocycles. The van der Waals surface area contributed by atoms with Gasteiger partial charge in [0.25, 0.3) is 5.91 Å². The minimum Gasteiger partial charge on any atom is -0.486 e. The van der Waals surface area contributed by atoms with Crippen molar-refractivity contribution in [2.75, 3.05) is 20.2 Å².